The van der Waals surface area contributed by atoms with Gasteiger partial charge in [-0.15, -0.1) is 23.1 Å². The van der Waals surface area contributed by atoms with Gasteiger partial charge in [-0.3, -0.25) is 9.59 Å². The average molecular weight is 390 g/mol. The van der Waals surface area contributed by atoms with Gasteiger partial charge < -0.3 is 16.0 Å². The lowest BCUT2D eigenvalue weighted by atomic mass is 9.99. The first kappa shape index (κ1) is 18.9. The molecule has 138 valence electrons. The molecule has 1 fully saturated rings. The lowest BCUT2D eigenvalue weighted by Gasteiger charge is -2.30. The topological polar surface area (TPSA) is 70.2 Å². The molecule has 2 atom stereocenters. The summed E-state index contributed by atoms with van der Waals surface area (Å²) < 4.78 is 1.12. The fraction of sp³-hybridized carbons (Fsp3) is 0.368. The van der Waals surface area contributed by atoms with E-state index in [0.29, 0.717) is 17.0 Å². The van der Waals surface area contributed by atoms with E-state index in [1.54, 1.807) is 35.6 Å². The normalized spacial score (nSPS) is 19.7. The van der Waals surface area contributed by atoms with Crippen LogP contribution in [0.25, 0.3) is 0 Å². The Morgan fingerprint density at radius 1 is 1.27 bits per heavy atom. The summed E-state index contributed by atoms with van der Waals surface area (Å²) in [6.07, 6.45) is 2.07. The Kier molecular flexibility index (Phi) is 6.71. The average Bonchev–Trinajstić information content (AvgIpc) is 3.16. The van der Waals surface area contributed by atoms with E-state index < -0.39 is 0 Å². The minimum absolute atomic E-state index is 0.0530. The zero-order valence-corrected chi connectivity index (χ0v) is 16.3. The van der Waals surface area contributed by atoms with Crippen molar-refractivity contribution in [2.75, 3.05) is 17.6 Å². The smallest absolute Gasteiger partial charge is 0.251 e. The molecule has 1 aromatic heterocycles. The van der Waals surface area contributed by atoms with Gasteiger partial charge in [-0.25, -0.2) is 0 Å². The van der Waals surface area contributed by atoms with Crippen LogP contribution in [0.2, 0.25) is 0 Å². The molecule has 0 spiro atoms. The lowest BCUT2D eigenvalue weighted by Crippen LogP contribution is -2.51. The number of thioether (sulfide) groups is 1. The summed E-state index contributed by atoms with van der Waals surface area (Å²) in [5.41, 5.74) is 1.31. The maximum atomic E-state index is 12.4. The Morgan fingerprint density at radius 2 is 2.08 bits per heavy atom. The molecule has 0 bridgehead atoms. The molecule has 26 heavy (non-hydrogen) atoms. The molecule has 7 heteroatoms. The third kappa shape index (κ3) is 5.33. The Labute approximate surface area is 162 Å². The quantitative estimate of drug-likeness (QED) is 0.663. The highest BCUT2D eigenvalue weighted by Crippen LogP contribution is 2.23. The Bertz CT molecular complexity index is 732. The molecule has 1 saturated heterocycles. The number of piperidine rings is 1. The first-order chi connectivity index (χ1) is 12.6. The predicted octanol–water partition coefficient (Wildman–Crippen LogP) is 3.35. The number of hydrogen-bond donors (Lipinski definition) is 3. The summed E-state index contributed by atoms with van der Waals surface area (Å²) in [4.78, 5) is 24.4. The molecule has 2 amide bonds. The van der Waals surface area contributed by atoms with Gasteiger partial charge in [-0.2, -0.15) is 0 Å². The Morgan fingerprint density at radius 3 is 2.77 bits per heavy atom. The molecule has 1 aliphatic rings. The summed E-state index contributed by atoms with van der Waals surface area (Å²) in [6, 6.07) is 11.4. The third-order valence-electron chi connectivity index (χ3n) is 4.35. The Balaban J connectivity index is 1.49. The standard InChI is InChI=1S/C19H23N3O2S2/c1-13-16(4-2-10-20-13)22-19(24)14-6-8-15(9-7-14)21-17(23)12-26-18-5-3-11-25-18/h3,5-9,11,13,16,20H,2,4,10,12H2,1H3,(H,21,23)(H,22,24). The highest BCUT2D eigenvalue weighted by atomic mass is 32.2. The molecule has 3 N–H and O–H groups in total. The van der Waals surface area contributed by atoms with Gasteiger partial charge in [0.15, 0.2) is 0 Å². The highest BCUT2D eigenvalue weighted by molar-refractivity contribution is 8.01. The van der Waals surface area contributed by atoms with Crippen molar-refractivity contribution in [3.8, 4) is 0 Å². The third-order valence-corrected chi connectivity index (χ3v) is 6.48. The molecule has 0 saturated carbocycles. The van der Waals surface area contributed by atoms with Crippen molar-refractivity contribution >= 4 is 40.6 Å². The number of hydrogen-bond acceptors (Lipinski definition) is 5. The minimum atomic E-state index is -0.0725. The fourth-order valence-electron chi connectivity index (χ4n) is 2.88. The van der Waals surface area contributed by atoms with Gasteiger partial charge in [0, 0.05) is 23.3 Å². The zero-order chi connectivity index (χ0) is 18.4. The molecule has 2 aromatic rings. The molecule has 2 heterocycles. The second-order valence-electron chi connectivity index (χ2n) is 6.31. The van der Waals surface area contributed by atoms with Crippen LogP contribution in [0.15, 0.2) is 46.0 Å². The molecular weight excluding hydrogens is 366 g/mol. The summed E-state index contributed by atoms with van der Waals surface area (Å²) in [6.45, 7) is 3.10. The van der Waals surface area contributed by atoms with Crippen molar-refractivity contribution in [2.45, 2.75) is 36.1 Å². The SMILES string of the molecule is CC1NCCCC1NC(=O)c1ccc(NC(=O)CSc2cccs2)cc1. The van der Waals surface area contributed by atoms with Gasteiger partial charge in [0.05, 0.1) is 9.96 Å². The van der Waals surface area contributed by atoms with E-state index in [9.17, 15) is 9.59 Å². The number of nitrogens with one attached hydrogen (secondary N) is 3. The number of amides is 2. The lowest BCUT2D eigenvalue weighted by molar-refractivity contribution is -0.113. The molecule has 2 unspecified atom stereocenters. The summed E-state index contributed by atoms with van der Waals surface area (Å²) >= 11 is 3.14. The highest BCUT2D eigenvalue weighted by Gasteiger charge is 2.22. The summed E-state index contributed by atoms with van der Waals surface area (Å²) in [5, 5.41) is 11.3. The molecule has 3 rings (SSSR count). The van der Waals surface area contributed by atoms with Gasteiger partial charge in [0.2, 0.25) is 5.91 Å². The van der Waals surface area contributed by atoms with Crippen molar-refractivity contribution in [1.82, 2.24) is 10.6 Å². The molecular formula is C19H23N3O2S2. The predicted molar refractivity (Wildman–Crippen MR) is 108 cm³/mol. The molecule has 5 nitrogen and oxygen atoms in total. The fourth-order valence-corrected chi connectivity index (χ4v) is 4.46. The van der Waals surface area contributed by atoms with E-state index in [-0.39, 0.29) is 23.9 Å². The molecule has 1 aliphatic heterocycles. The van der Waals surface area contributed by atoms with Crippen molar-refractivity contribution in [2.24, 2.45) is 0 Å². The number of carbonyl (C=O) groups excluding carboxylic acids is 2. The van der Waals surface area contributed by atoms with E-state index in [1.807, 2.05) is 17.5 Å². The van der Waals surface area contributed by atoms with E-state index >= 15 is 0 Å². The second kappa shape index (κ2) is 9.21. The molecule has 1 aromatic carbocycles. The summed E-state index contributed by atoms with van der Waals surface area (Å²) in [5.74, 6) is 0.245. The van der Waals surface area contributed by atoms with Crippen LogP contribution in [0.1, 0.15) is 30.1 Å². The van der Waals surface area contributed by atoms with Gasteiger partial charge in [0.25, 0.3) is 5.91 Å². The zero-order valence-electron chi connectivity index (χ0n) is 14.7. The Hall–Kier alpha value is -1.83. The van der Waals surface area contributed by atoms with Crippen LogP contribution in [-0.4, -0.2) is 36.2 Å². The summed E-state index contributed by atoms with van der Waals surface area (Å²) in [7, 11) is 0. The number of anilines is 1. The van der Waals surface area contributed by atoms with Crippen molar-refractivity contribution in [3.05, 3.63) is 47.3 Å². The van der Waals surface area contributed by atoms with Crippen LogP contribution in [0.4, 0.5) is 5.69 Å². The van der Waals surface area contributed by atoms with E-state index in [4.69, 9.17) is 0 Å². The van der Waals surface area contributed by atoms with Gasteiger partial charge in [0.1, 0.15) is 0 Å². The number of thiophene rings is 1. The van der Waals surface area contributed by atoms with Crippen LogP contribution in [0.5, 0.6) is 0 Å². The van der Waals surface area contributed by atoms with Crippen LogP contribution < -0.4 is 16.0 Å². The van der Waals surface area contributed by atoms with Gasteiger partial charge in [-0.1, -0.05) is 6.07 Å². The first-order valence-electron chi connectivity index (χ1n) is 8.72. The molecule has 0 radical (unpaired) electrons. The van der Waals surface area contributed by atoms with Crippen molar-refractivity contribution in [1.29, 1.82) is 0 Å². The van der Waals surface area contributed by atoms with Crippen LogP contribution >= 0.6 is 23.1 Å². The largest absolute Gasteiger partial charge is 0.348 e. The van der Waals surface area contributed by atoms with E-state index in [2.05, 4.69) is 22.9 Å². The monoisotopic (exact) mass is 389 g/mol. The maximum Gasteiger partial charge on any atom is 0.251 e. The van der Waals surface area contributed by atoms with E-state index in [0.717, 1.165) is 23.6 Å². The molecule has 0 aliphatic carbocycles. The minimum Gasteiger partial charge on any atom is -0.348 e. The van der Waals surface area contributed by atoms with Crippen LogP contribution in [0.3, 0.4) is 0 Å². The number of rotatable bonds is 6. The van der Waals surface area contributed by atoms with Gasteiger partial charge in [-0.05, 0) is 62.0 Å². The van der Waals surface area contributed by atoms with Gasteiger partial charge >= 0.3 is 0 Å². The number of carbonyl (C=O) groups is 2. The second-order valence-corrected chi connectivity index (χ2v) is 8.53. The maximum absolute atomic E-state index is 12.4. The van der Waals surface area contributed by atoms with Crippen molar-refractivity contribution in [3.63, 3.8) is 0 Å². The van der Waals surface area contributed by atoms with E-state index in [1.165, 1.54) is 11.8 Å². The van der Waals surface area contributed by atoms with Crippen LogP contribution in [-0.2, 0) is 4.79 Å². The number of benzene rings is 1. The first-order valence-corrected chi connectivity index (χ1v) is 10.6. The van der Waals surface area contributed by atoms with Crippen molar-refractivity contribution < 1.29 is 9.59 Å². The van der Waals surface area contributed by atoms with Crippen LogP contribution in [0, 0.1) is 0 Å².